The number of amides is 1. The fourth-order valence-corrected chi connectivity index (χ4v) is 3.85. The number of nitrogens with zero attached hydrogens (tertiary/aromatic N) is 4. The molecule has 3 aromatic rings. The van der Waals surface area contributed by atoms with E-state index in [1.54, 1.807) is 18.8 Å². The zero-order valence-corrected chi connectivity index (χ0v) is 15.1. The van der Waals surface area contributed by atoms with Crippen LogP contribution in [0, 0.1) is 0 Å². The smallest absolute Gasteiger partial charge is 0.270 e. The maximum Gasteiger partial charge on any atom is 0.270 e. The monoisotopic (exact) mass is 353 g/mol. The zero-order chi connectivity index (χ0) is 17.8. The molecule has 6 nitrogen and oxygen atoms in total. The summed E-state index contributed by atoms with van der Waals surface area (Å²) in [5, 5.41) is 14.3. The number of carbonyl (C=O) groups excluding carboxylic acids is 1. The molecule has 4 rings (SSSR count). The van der Waals surface area contributed by atoms with Crippen LogP contribution >= 0.6 is 11.8 Å². The van der Waals surface area contributed by atoms with Crippen LogP contribution in [-0.2, 0) is 11.8 Å². The van der Waals surface area contributed by atoms with Crippen LogP contribution in [0.1, 0.15) is 30.9 Å². The summed E-state index contributed by atoms with van der Waals surface area (Å²) in [5.41, 5.74) is 2.00. The molecule has 1 amide bonds. The van der Waals surface area contributed by atoms with Gasteiger partial charge in [0.05, 0.1) is 13.0 Å². The van der Waals surface area contributed by atoms with Gasteiger partial charge in [-0.25, -0.2) is 0 Å². The Morgan fingerprint density at radius 3 is 2.12 bits per heavy atom. The number of aromatic nitrogens is 4. The number of anilines is 1. The van der Waals surface area contributed by atoms with Crippen molar-refractivity contribution in [3.63, 3.8) is 0 Å². The lowest BCUT2D eigenvalue weighted by atomic mass is 9.90. The number of hydrogen-bond acceptors (Lipinski definition) is 5. The highest BCUT2D eigenvalue weighted by atomic mass is 32.2. The first kappa shape index (κ1) is 17.2. The van der Waals surface area contributed by atoms with E-state index in [4.69, 9.17) is 0 Å². The molecule has 2 aromatic carbocycles. The van der Waals surface area contributed by atoms with Gasteiger partial charge >= 0.3 is 0 Å². The number of tetrazole rings is 1. The number of rotatable bonds is 2. The number of aryl methyl sites for hydroxylation is 1. The minimum absolute atomic E-state index is 0.154. The van der Waals surface area contributed by atoms with Crippen LogP contribution in [0.5, 0.6) is 0 Å². The molecule has 0 fully saturated rings. The zero-order valence-electron chi connectivity index (χ0n) is 14.3. The molecular weight excluding hydrogens is 334 g/mol. The number of nitrogens with one attached hydrogen (secondary N) is 1. The van der Waals surface area contributed by atoms with Gasteiger partial charge in [0.15, 0.2) is 0 Å². The molecule has 0 saturated heterocycles. The van der Waals surface area contributed by atoms with E-state index in [0.717, 1.165) is 20.9 Å². The van der Waals surface area contributed by atoms with Gasteiger partial charge in [0.2, 0.25) is 5.91 Å². The standard InChI is InChI=1S/C16H13N5OS.C2H6/c1-21-19-16(18-20-21)17-15(22)14-10-6-2-4-8-12(10)23-13-9-5-3-7-11(13)14;1-2/h2-9,14H,1H3,(H,17,19,22);1-2H3. The predicted octanol–water partition coefficient (Wildman–Crippen LogP) is 3.47. The van der Waals surface area contributed by atoms with Gasteiger partial charge < -0.3 is 0 Å². The van der Waals surface area contributed by atoms with Gasteiger partial charge in [-0.15, -0.1) is 5.10 Å². The summed E-state index contributed by atoms with van der Waals surface area (Å²) in [6.45, 7) is 4.00. The fraction of sp³-hybridized carbons (Fsp3) is 0.222. The molecule has 1 aliphatic rings. The second kappa shape index (κ2) is 7.48. The molecule has 0 radical (unpaired) electrons. The van der Waals surface area contributed by atoms with E-state index in [1.165, 1.54) is 4.80 Å². The average molecular weight is 353 g/mol. The molecule has 1 aromatic heterocycles. The highest BCUT2D eigenvalue weighted by Crippen LogP contribution is 2.45. The Labute approximate surface area is 150 Å². The van der Waals surface area contributed by atoms with Crippen LogP contribution in [0.25, 0.3) is 0 Å². The van der Waals surface area contributed by atoms with Gasteiger partial charge in [-0.05, 0) is 28.5 Å². The lowest BCUT2D eigenvalue weighted by Crippen LogP contribution is -2.25. The lowest BCUT2D eigenvalue weighted by Gasteiger charge is -2.26. The highest BCUT2D eigenvalue weighted by Gasteiger charge is 2.31. The van der Waals surface area contributed by atoms with Crippen LogP contribution < -0.4 is 5.32 Å². The van der Waals surface area contributed by atoms with Gasteiger partial charge in [-0.1, -0.05) is 67.1 Å². The Morgan fingerprint density at radius 1 is 1.04 bits per heavy atom. The molecule has 1 N–H and O–H groups in total. The Kier molecular flexibility index (Phi) is 5.14. The molecule has 7 heteroatoms. The van der Waals surface area contributed by atoms with E-state index in [2.05, 4.69) is 20.7 Å². The summed E-state index contributed by atoms with van der Waals surface area (Å²) in [5.74, 6) is -0.323. The van der Waals surface area contributed by atoms with Gasteiger partial charge in [0.1, 0.15) is 0 Å². The minimum Gasteiger partial charge on any atom is -0.291 e. The van der Waals surface area contributed by atoms with E-state index in [1.807, 2.05) is 62.4 Å². The molecule has 0 atom stereocenters. The van der Waals surface area contributed by atoms with Gasteiger partial charge in [-0.3, -0.25) is 10.1 Å². The van der Waals surface area contributed by atoms with E-state index in [-0.39, 0.29) is 17.8 Å². The van der Waals surface area contributed by atoms with Crippen molar-refractivity contribution in [1.29, 1.82) is 0 Å². The molecule has 0 bridgehead atoms. The molecule has 25 heavy (non-hydrogen) atoms. The van der Waals surface area contributed by atoms with Crippen molar-refractivity contribution >= 4 is 23.6 Å². The second-order valence-electron chi connectivity index (χ2n) is 5.20. The molecule has 0 aliphatic carbocycles. The molecule has 0 saturated carbocycles. The number of benzene rings is 2. The van der Waals surface area contributed by atoms with Crippen molar-refractivity contribution in [2.45, 2.75) is 29.6 Å². The highest BCUT2D eigenvalue weighted by molar-refractivity contribution is 7.99. The van der Waals surface area contributed by atoms with Crippen molar-refractivity contribution < 1.29 is 4.79 Å². The minimum atomic E-state index is -0.382. The summed E-state index contributed by atoms with van der Waals surface area (Å²) in [4.78, 5) is 16.4. The third kappa shape index (κ3) is 3.41. The largest absolute Gasteiger partial charge is 0.291 e. The molecule has 0 spiro atoms. The summed E-state index contributed by atoms with van der Waals surface area (Å²) >= 11 is 1.69. The fourth-order valence-electron chi connectivity index (χ4n) is 2.71. The first-order chi connectivity index (χ1) is 12.2. The van der Waals surface area contributed by atoms with Crippen molar-refractivity contribution in [2.24, 2.45) is 7.05 Å². The second-order valence-corrected chi connectivity index (χ2v) is 6.29. The Morgan fingerprint density at radius 2 is 1.60 bits per heavy atom. The van der Waals surface area contributed by atoms with Gasteiger partial charge in [0, 0.05) is 9.79 Å². The number of fused-ring (bicyclic) bond motifs is 2. The van der Waals surface area contributed by atoms with Crippen LogP contribution in [-0.4, -0.2) is 26.1 Å². The van der Waals surface area contributed by atoms with Gasteiger partial charge in [-0.2, -0.15) is 4.80 Å². The Balaban J connectivity index is 0.000000880. The van der Waals surface area contributed by atoms with E-state index < -0.39 is 0 Å². The molecule has 128 valence electrons. The number of hydrogen-bond donors (Lipinski definition) is 1. The SMILES string of the molecule is CC.Cn1nnc(NC(=O)C2c3ccccc3Sc3ccccc32)n1. The van der Waals surface area contributed by atoms with Crippen molar-refractivity contribution in [3.05, 3.63) is 59.7 Å². The maximum atomic E-state index is 12.9. The molecule has 2 heterocycles. The van der Waals surface area contributed by atoms with Crippen LogP contribution in [0.15, 0.2) is 58.3 Å². The van der Waals surface area contributed by atoms with E-state index >= 15 is 0 Å². The molecule has 0 unspecified atom stereocenters. The summed E-state index contributed by atoms with van der Waals surface area (Å²) < 4.78 is 0. The third-order valence-corrected chi connectivity index (χ3v) is 4.87. The summed E-state index contributed by atoms with van der Waals surface area (Å²) in [6, 6.07) is 15.9. The van der Waals surface area contributed by atoms with Crippen LogP contribution in [0.2, 0.25) is 0 Å². The number of carbonyl (C=O) groups is 1. The quantitative estimate of drug-likeness (QED) is 0.764. The Hall–Kier alpha value is -2.67. The average Bonchev–Trinajstić information content (AvgIpc) is 3.05. The Bertz CT molecular complexity index is 847. The molecule has 1 aliphatic heterocycles. The summed E-state index contributed by atoms with van der Waals surface area (Å²) in [6.07, 6.45) is 0. The predicted molar refractivity (Wildman–Crippen MR) is 97.6 cm³/mol. The normalized spacial score (nSPS) is 12.4. The van der Waals surface area contributed by atoms with Crippen LogP contribution in [0.4, 0.5) is 5.95 Å². The third-order valence-electron chi connectivity index (χ3n) is 3.69. The van der Waals surface area contributed by atoms with E-state index in [9.17, 15) is 4.79 Å². The van der Waals surface area contributed by atoms with Crippen molar-refractivity contribution in [1.82, 2.24) is 20.2 Å². The molecular formula is C18H19N5OS. The van der Waals surface area contributed by atoms with Crippen LogP contribution in [0.3, 0.4) is 0 Å². The summed E-state index contributed by atoms with van der Waals surface area (Å²) in [7, 11) is 1.66. The first-order valence-corrected chi connectivity index (χ1v) is 8.94. The van der Waals surface area contributed by atoms with Crippen molar-refractivity contribution in [2.75, 3.05) is 5.32 Å². The first-order valence-electron chi connectivity index (χ1n) is 8.13. The topological polar surface area (TPSA) is 72.7 Å². The van der Waals surface area contributed by atoms with Crippen molar-refractivity contribution in [3.8, 4) is 0 Å². The maximum absolute atomic E-state index is 12.9. The lowest BCUT2D eigenvalue weighted by molar-refractivity contribution is -0.116. The van der Waals surface area contributed by atoms with E-state index in [0.29, 0.717) is 0 Å². The van der Waals surface area contributed by atoms with Gasteiger partial charge in [0.25, 0.3) is 5.95 Å².